The average molecular weight is 226 g/mol. The van der Waals surface area contributed by atoms with Crippen molar-refractivity contribution < 1.29 is 9.90 Å². The first-order chi connectivity index (χ1) is 7.69. The Labute approximate surface area is 99.4 Å². The van der Waals surface area contributed by atoms with E-state index in [0.717, 1.165) is 31.6 Å². The van der Waals surface area contributed by atoms with Gasteiger partial charge in [-0.1, -0.05) is 46.0 Å². The number of hydrogen-bond donors (Lipinski definition) is 1. The van der Waals surface area contributed by atoms with Gasteiger partial charge in [0, 0.05) is 0 Å². The van der Waals surface area contributed by atoms with Crippen LogP contribution in [0.3, 0.4) is 0 Å². The molecule has 0 saturated heterocycles. The van der Waals surface area contributed by atoms with E-state index in [-0.39, 0.29) is 5.92 Å². The molecule has 94 valence electrons. The molecule has 0 aromatic rings. The zero-order valence-corrected chi connectivity index (χ0v) is 10.7. The smallest absolute Gasteiger partial charge is 0.306 e. The monoisotopic (exact) mass is 226 g/mol. The third kappa shape index (κ3) is 3.80. The number of aliphatic carboxylic acids is 1. The zero-order valence-electron chi connectivity index (χ0n) is 10.7. The first-order valence-corrected chi connectivity index (χ1v) is 6.91. The van der Waals surface area contributed by atoms with Gasteiger partial charge in [0.05, 0.1) is 5.92 Å². The van der Waals surface area contributed by atoms with Gasteiger partial charge >= 0.3 is 5.97 Å². The lowest BCUT2D eigenvalue weighted by Crippen LogP contribution is -2.20. The van der Waals surface area contributed by atoms with Gasteiger partial charge in [0.1, 0.15) is 0 Å². The summed E-state index contributed by atoms with van der Waals surface area (Å²) in [5, 5.41) is 9.15. The van der Waals surface area contributed by atoms with Gasteiger partial charge in [-0.15, -0.1) is 0 Å². The highest BCUT2D eigenvalue weighted by molar-refractivity contribution is 5.70. The van der Waals surface area contributed by atoms with Crippen LogP contribution in [0.2, 0.25) is 0 Å². The van der Waals surface area contributed by atoms with Crippen LogP contribution >= 0.6 is 0 Å². The van der Waals surface area contributed by atoms with Gasteiger partial charge in [0.25, 0.3) is 0 Å². The molecule has 0 radical (unpaired) electrons. The highest BCUT2D eigenvalue weighted by Crippen LogP contribution is 2.37. The fourth-order valence-corrected chi connectivity index (χ4v) is 3.05. The molecular formula is C14H26O2. The molecule has 0 aromatic carbocycles. The Morgan fingerprint density at radius 3 is 2.69 bits per heavy atom. The van der Waals surface area contributed by atoms with Crippen molar-refractivity contribution in [3.05, 3.63) is 0 Å². The quantitative estimate of drug-likeness (QED) is 0.709. The summed E-state index contributed by atoms with van der Waals surface area (Å²) in [6.07, 6.45) is 9.36. The second-order valence-electron chi connectivity index (χ2n) is 5.29. The molecule has 1 fully saturated rings. The summed E-state index contributed by atoms with van der Waals surface area (Å²) in [7, 11) is 0. The molecule has 0 spiro atoms. The Balaban J connectivity index is 2.40. The van der Waals surface area contributed by atoms with Gasteiger partial charge in [-0.25, -0.2) is 0 Å². The lowest BCUT2D eigenvalue weighted by Gasteiger charge is -2.22. The van der Waals surface area contributed by atoms with Crippen LogP contribution in [0.1, 0.15) is 65.2 Å². The third-order valence-corrected chi connectivity index (χ3v) is 4.16. The van der Waals surface area contributed by atoms with Crippen molar-refractivity contribution in [2.75, 3.05) is 0 Å². The standard InChI is InChI=1S/C14H26O2/c1-3-5-7-11(4-2)10-12-8-6-9-13(12)14(15)16/h11-13H,3-10H2,1-2H3,(H,15,16). The van der Waals surface area contributed by atoms with E-state index in [1.807, 2.05) is 0 Å². The average Bonchev–Trinajstić information content (AvgIpc) is 2.72. The molecule has 1 aliphatic carbocycles. The van der Waals surface area contributed by atoms with Crippen LogP contribution in [0.4, 0.5) is 0 Å². The van der Waals surface area contributed by atoms with Crippen LogP contribution in [0.5, 0.6) is 0 Å². The number of carboxylic acid groups (broad SMARTS) is 1. The third-order valence-electron chi connectivity index (χ3n) is 4.16. The van der Waals surface area contributed by atoms with Gasteiger partial charge in [-0.05, 0) is 31.1 Å². The molecule has 0 aliphatic heterocycles. The molecule has 2 nitrogen and oxygen atoms in total. The van der Waals surface area contributed by atoms with E-state index in [4.69, 9.17) is 5.11 Å². The van der Waals surface area contributed by atoms with E-state index in [9.17, 15) is 4.79 Å². The molecule has 2 heteroatoms. The maximum Gasteiger partial charge on any atom is 0.306 e. The van der Waals surface area contributed by atoms with E-state index in [1.165, 1.54) is 25.7 Å². The van der Waals surface area contributed by atoms with Crippen LogP contribution in [0.25, 0.3) is 0 Å². The first kappa shape index (κ1) is 13.5. The predicted octanol–water partition coefficient (Wildman–Crippen LogP) is 4.09. The molecular weight excluding hydrogens is 200 g/mol. The highest BCUT2D eigenvalue weighted by Gasteiger charge is 2.33. The minimum Gasteiger partial charge on any atom is -0.481 e. The summed E-state index contributed by atoms with van der Waals surface area (Å²) < 4.78 is 0. The second-order valence-corrected chi connectivity index (χ2v) is 5.29. The number of carboxylic acids is 1. The van der Waals surface area contributed by atoms with E-state index in [1.54, 1.807) is 0 Å². The first-order valence-electron chi connectivity index (χ1n) is 6.91. The van der Waals surface area contributed by atoms with Gasteiger partial charge in [0.2, 0.25) is 0 Å². The SMILES string of the molecule is CCCCC(CC)CC1CCCC1C(=O)O. The largest absolute Gasteiger partial charge is 0.481 e. The minimum atomic E-state index is -0.562. The maximum absolute atomic E-state index is 11.1. The van der Waals surface area contributed by atoms with Crippen molar-refractivity contribution in [3.63, 3.8) is 0 Å². The molecule has 1 rings (SSSR count). The molecule has 0 amide bonds. The van der Waals surface area contributed by atoms with Gasteiger partial charge in [0.15, 0.2) is 0 Å². The molecule has 3 atom stereocenters. The predicted molar refractivity (Wildman–Crippen MR) is 66.4 cm³/mol. The number of carbonyl (C=O) groups is 1. The summed E-state index contributed by atoms with van der Waals surface area (Å²) >= 11 is 0. The van der Waals surface area contributed by atoms with E-state index < -0.39 is 5.97 Å². The summed E-state index contributed by atoms with van der Waals surface area (Å²) in [6.45, 7) is 4.47. The Morgan fingerprint density at radius 1 is 1.38 bits per heavy atom. The molecule has 16 heavy (non-hydrogen) atoms. The summed E-state index contributed by atoms with van der Waals surface area (Å²) in [5.74, 6) is 0.604. The lowest BCUT2D eigenvalue weighted by molar-refractivity contribution is -0.143. The molecule has 3 unspecified atom stereocenters. The highest BCUT2D eigenvalue weighted by atomic mass is 16.4. The number of unbranched alkanes of at least 4 members (excludes halogenated alkanes) is 1. The maximum atomic E-state index is 11.1. The molecule has 1 saturated carbocycles. The van der Waals surface area contributed by atoms with E-state index in [2.05, 4.69) is 13.8 Å². The zero-order chi connectivity index (χ0) is 12.0. The summed E-state index contributed by atoms with van der Waals surface area (Å²) in [6, 6.07) is 0. The Morgan fingerprint density at radius 2 is 2.12 bits per heavy atom. The second kappa shape index (κ2) is 6.93. The fraction of sp³-hybridized carbons (Fsp3) is 0.929. The number of hydrogen-bond acceptors (Lipinski definition) is 1. The van der Waals surface area contributed by atoms with Crippen molar-refractivity contribution in [1.82, 2.24) is 0 Å². The Kier molecular flexibility index (Phi) is 5.86. The van der Waals surface area contributed by atoms with Crippen LogP contribution in [-0.4, -0.2) is 11.1 Å². The van der Waals surface area contributed by atoms with Crippen LogP contribution < -0.4 is 0 Å². The van der Waals surface area contributed by atoms with Crippen molar-refractivity contribution in [2.45, 2.75) is 65.2 Å². The van der Waals surface area contributed by atoms with Crippen molar-refractivity contribution in [1.29, 1.82) is 0 Å². The Hall–Kier alpha value is -0.530. The van der Waals surface area contributed by atoms with E-state index in [0.29, 0.717) is 5.92 Å². The summed E-state index contributed by atoms with van der Waals surface area (Å²) in [4.78, 5) is 11.1. The topological polar surface area (TPSA) is 37.3 Å². The molecule has 0 aromatic heterocycles. The molecule has 0 heterocycles. The van der Waals surface area contributed by atoms with Gasteiger partial charge < -0.3 is 5.11 Å². The normalized spacial score (nSPS) is 26.9. The molecule has 0 bridgehead atoms. The Bertz CT molecular complexity index is 213. The minimum absolute atomic E-state index is 0.0457. The fourth-order valence-electron chi connectivity index (χ4n) is 3.05. The van der Waals surface area contributed by atoms with Gasteiger partial charge in [-0.3, -0.25) is 4.79 Å². The van der Waals surface area contributed by atoms with Crippen molar-refractivity contribution >= 4 is 5.97 Å². The van der Waals surface area contributed by atoms with Crippen LogP contribution in [0.15, 0.2) is 0 Å². The molecule has 1 N–H and O–H groups in total. The van der Waals surface area contributed by atoms with Crippen molar-refractivity contribution in [3.8, 4) is 0 Å². The summed E-state index contributed by atoms with van der Waals surface area (Å²) in [5.41, 5.74) is 0. The van der Waals surface area contributed by atoms with E-state index >= 15 is 0 Å². The molecule has 1 aliphatic rings. The lowest BCUT2D eigenvalue weighted by atomic mass is 9.83. The number of rotatable bonds is 7. The van der Waals surface area contributed by atoms with Crippen LogP contribution in [-0.2, 0) is 4.79 Å². The van der Waals surface area contributed by atoms with Crippen LogP contribution in [0, 0.1) is 17.8 Å². The van der Waals surface area contributed by atoms with Crippen molar-refractivity contribution in [2.24, 2.45) is 17.8 Å². The van der Waals surface area contributed by atoms with Gasteiger partial charge in [-0.2, -0.15) is 0 Å².